The van der Waals surface area contributed by atoms with Gasteiger partial charge in [-0.1, -0.05) is 169 Å². The fourth-order valence-electron chi connectivity index (χ4n) is 5.57. The van der Waals surface area contributed by atoms with Crippen LogP contribution in [0.25, 0.3) is 0 Å². The SMILES string of the molecule is CCCCCCCCCC(=O)OC[C@@H](COC(=O)CCCCCCCCCCCCC(C)C)OC(=O)CCCCCCCCC. The molecule has 0 aromatic heterocycles. The molecule has 266 valence electrons. The quantitative estimate of drug-likeness (QED) is 0.0396. The molecule has 1 atom stereocenters. The Hall–Kier alpha value is -1.59. The van der Waals surface area contributed by atoms with Gasteiger partial charge in [0.25, 0.3) is 0 Å². The Morgan fingerprint density at radius 3 is 1.09 bits per heavy atom. The van der Waals surface area contributed by atoms with E-state index in [2.05, 4.69) is 27.7 Å². The summed E-state index contributed by atoms with van der Waals surface area (Å²) in [6, 6.07) is 0. The minimum Gasteiger partial charge on any atom is -0.462 e. The molecule has 45 heavy (non-hydrogen) atoms. The van der Waals surface area contributed by atoms with Gasteiger partial charge >= 0.3 is 17.9 Å². The second-order valence-electron chi connectivity index (χ2n) is 13.7. The number of hydrogen-bond acceptors (Lipinski definition) is 6. The molecule has 0 saturated carbocycles. The lowest BCUT2D eigenvalue weighted by molar-refractivity contribution is -0.167. The highest BCUT2D eigenvalue weighted by Crippen LogP contribution is 2.15. The molecule has 0 rings (SSSR count). The average Bonchev–Trinajstić information content (AvgIpc) is 3.01. The minimum absolute atomic E-state index is 0.0660. The maximum absolute atomic E-state index is 12.5. The van der Waals surface area contributed by atoms with Crippen molar-refractivity contribution in [2.24, 2.45) is 5.92 Å². The summed E-state index contributed by atoms with van der Waals surface area (Å²) in [4.78, 5) is 37.2. The van der Waals surface area contributed by atoms with Crippen LogP contribution in [0.5, 0.6) is 0 Å². The molecule has 0 aliphatic heterocycles. The van der Waals surface area contributed by atoms with E-state index in [0.717, 1.165) is 63.7 Å². The van der Waals surface area contributed by atoms with Crippen molar-refractivity contribution < 1.29 is 28.6 Å². The summed E-state index contributed by atoms with van der Waals surface area (Å²) in [5.74, 6) is -0.0591. The molecule has 6 heteroatoms. The van der Waals surface area contributed by atoms with Crippen LogP contribution in [0, 0.1) is 5.92 Å². The number of carbonyl (C=O) groups is 3. The number of carbonyl (C=O) groups excluding carboxylic acids is 3. The molecule has 6 nitrogen and oxygen atoms in total. The number of esters is 3. The van der Waals surface area contributed by atoms with Gasteiger partial charge in [0.05, 0.1) is 0 Å². The van der Waals surface area contributed by atoms with Gasteiger partial charge < -0.3 is 14.2 Å². The molecule has 0 bridgehead atoms. The lowest BCUT2D eigenvalue weighted by atomic mass is 10.0. The van der Waals surface area contributed by atoms with E-state index in [1.807, 2.05) is 0 Å². The molecule has 0 aromatic rings. The van der Waals surface area contributed by atoms with Crippen LogP contribution in [-0.2, 0) is 28.6 Å². The molecular formula is C39H74O6. The molecular weight excluding hydrogens is 564 g/mol. The van der Waals surface area contributed by atoms with Crippen molar-refractivity contribution in [3.8, 4) is 0 Å². The van der Waals surface area contributed by atoms with Gasteiger partial charge in [-0.3, -0.25) is 14.4 Å². The molecule has 0 unspecified atom stereocenters. The van der Waals surface area contributed by atoms with Crippen molar-refractivity contribution in [3.05, 3.63) is 0 Å². The van der Waals surface area contributed by atoms with Crippen LogP contribution in [-0.4, -0.2) is 37.2 Å². The van der Waals surface area contributed by atoms with E-state index in [1.54, 1.807) is 0 Å². The zero-order chi connectivity index (χ0) is 33.2. The van der Waals surface area contributed by atoms with Crippen molar-refractivity contribution in [2.45, 2.75) is 214 Å². The number of ether oxygens (including phenoxy) is 3. The van der Waals surface area contributed by atoms with E-state index in [1.165, 1.54) is 103 Å². The maximum Gasteiger partial charge on any atom is 0.306 e. The number of rotatable bonds is 34. The highest BCUT2D eigenvalue weighted by Gasteiger charge is 2.19. The van der Waals surface area contributed by atoms with E-state index in [4.69, 9.17) is 14.2 Å². The number of hydrogen-bond donors (Lipinski definition) is 0. The second-order valence-corrected chi connectivity index (χ2v) is 13.7. The third-order valence-corrected chi connectivity index (χ3v) is 8.54. The third kappa shape index (κ3) is 33.6. The molecule has 0 heterocycles. The maximum atomic E-state index is 12.5. The highest BCUT2D eigenvalue weighted by molar-refractivity contribution is 5.71. The van der Waals surface area contributed by atoms with E-state index in [-0.39, 0.29) is 31.1 Å². The fourth-order valence-corrected chi connectivity index (χ4v) is 5.57. The van der Waals surface area contributed by atoms with Gasteiger partial charge in [0, 0.05) is 19.3 Å². The summed E-state index contributed by atoms with van der Waals surface area (Å²) in [6.07, 6.45) is 29.7. The molecule has 0 amide bonds. The monoisotopic (exact) mass is 639 g/mol. The summed E-state index contributed by atoms with van der Waals surface area (Å²) in [6.45, 7) is 8.87. The molecule has 0 aliphatic rings. The molecule has 0 spiro atoms. The fraction of sp³-hybridized carbons (Fsp3) is 0.923. The lowest BCUT2D eigenvalue weighted by Crippen LogP contribution is -2.30. The van der Waals surface area contributed by atoms with E-state index >= 15 is 0 Å². The molecule has 0 aromatic carbocycles. The Bertz CT molecular complexity index is 676. The van der Waals surface area contributed by atoms with Gasteiger partial charge in [-0.05, 0) is 25.2 Å². The summed E-state index contributed by atoms with van der Waals surface area (Å²) in [7, 11) is 0. The summed E-state index contributed by atoms with van der Waals surface area (Å²) in [5, 5.41) is 0. The van der Waals surface area contributed by atoms with E-state index < -0.39 is 6.10 Å². The zero-order valence-corrected chi connectivity index (χ0v) is 30.3. The molecule has 0 radical (unpaired) electrons. The summed E-state index contributed by atoms with van der Waals surface area (Å²) in [5.41, 5.74) is 0. The van der Waals surface area contributed by atoms with Crippen molar-refractivity contribution in [2.75, 3.05) is 13.2 Å². The lowest BCUT2D eigenvalue weighted by Gasteiger charge is -2.18. The highest BCUT2D eigenvalue weighted by atomic mass is 16.6. The van der Waals surface area contributed by atoms with Crippen molar-refractivity contribution >= 4 is 17.9 Å². The number of unbranched alkanes of at least 4 members (excludes halogenated alkanes) is 21. The first-order valence-corrected chi connectivity index (χ1v) is 19.4. The van der Waals surface area contributed by atoms with Crippen LogP contribution in [0.1, 0.15) is 207 Å². The van der Waals surface area contributed by atoms with Crippen LogP contribution in [0.15, 0.2) is 0 Å². The van der Waals surface area contributed by atoms with Crippen LogP contribution >= 0.6 is 0 Å². The normalized spacial score (nSPS) is 11.9. The first-order valence-electron chi connectivity index (χ1n) is 19.4. The van der Waals surface area contributed by atoms with Gasteiger partial charge in [0.15, 0.2) is 6.10 Å². The molecule has 0 N–H and O–H groups in total. The minimum atomic E-state index is -0.755. The predicted octanol–water partition coefficient (Wildman–Crippen LogP) is 11.6. The van der Waals surface area contributed by atoms with Crippen LogP contribution in [0.3, 0.4) is 0 Å². The molecule has 0 aliphatic carbocycles. The van der Waals surface area contributed by atoms with Crippen LogP contribution in [0.4, 0.5) is 0 Å². The van der Waals surface area contributed by atoms with Gasteiger partial charge in [-0.25, -0.2) is 0 Å². The largest absolute Gasteiger partial charge is 0.462 e. The topological polar surface area (TPSA) is 78.9 Å². The van der Waals surface area contributed by atoms with E-state index in [0.29, 0.717) is 19.3 Å². The Morgan fingerprint density at radius 1 is 0.422 bits per heavy atom. The van der Waals surface area contributed by atoms with Crippen LogP contribution in [0.2, 0.25) is 0 Å². The molecule has 0 saturated heterocycles. The average molecular weight is 639 g/mol. The first kappa shape index (κ1) is 43.4. The summed E-state index contributed by atoms with van der Waals surface area (Å²) < 4.78 is 16.5. The predicted molar refractivity (Wildman–Crippen MR) is 187 cm³/mol. The van der Waals surface area contributed by atoms with Gasteiger partial charge in [-0.2, -0.15) is 0 Å². The van der Waals surface area contributed by atoms with Crippen LogP contribution < -0.4 is 0 Å². The summed E-state index contributed by atoms with van der Waals surface area (Å²) >= 11 is 0. The third-order valence-electron chi connectivity index (χ3n) is 8.54. The Labute approximate surface area is 278 Å². The van der Waals surface area contributed by atoms with Gasteiger partial charge in [-0.15, -0.1) is 0 Å². The van der Waals surface area contributed by atoms with Gasteiger partial charge in [0.1, 0.15) is 13.2 Å². The van der Waals surface area contributed by atoms with Crippen molar-refractivity contribution in [1.29, 1.82) is 0 Å². The first-order chi connectivity index (χ1) is 21.9. The Kier molecular flexibility index (Phi) is 32.6. The standard InChI is InChI=1S/C39H74O6/c1-5-7-9-11-17-22-26-30-37(40)43-33-36(45-39(42)32-28-24-18-12-10-8-6-2)34-44-38(41)31-27-23-20-16-14-13-15-19-21-25-29-35(3)4/h35-36H,5-34H2,1-4H3/t36-/m0/s1. The molecule has 0 fully saturated rings. The van der Waals surface area contributed by atoms with E-state index in [9.17, 15) is 14.4 Å². The van der Waals surface area contributed by atoms with Crippen molar-refractivity contribution in [1.82, 2.24) is 0 Å². The van der Waals surface area contributed by atoms with Crippen molar-refractivity contribution in [3.63, 3.8) is 0 Å². The zero-order valence-electron chi connectivity index (χ0n) is 30.3. The Morgan fingerprint density at radius 2 is 0.733 bits per heavy atom. The smallest absolute Gasteiger partial charge is 0.306 e. The van der Waals surface area contributed by atoms with Gasteiger partial charge in [0.2, 0.25) is 0 Å². The Balaban J connectivity index is 4.26. The second kappa shape index (κ2) is 33.8.